The summed E-state index contributed by atoms with van der Waals surface area (Å²) >= 11 is 0. The molecular formula is C29H33N3O5. The van der Waals surface area contributed by atoms with Crippen molar-refractivity contribution in [2.45, 2.75) is 39.2 Å². The molecule has 1 saturated heterocycles. The van der Waals surface area contributed by atoms with E-state index in [0.29, 0.717) is 63.4 Å². The smallest absolute Gasteiger partial charge is 0.410 e. The minimum atomic E-state index is -0.544. The Morgan fingerprint density at radius 3 is 2.38 bits per heavy atom. The van der Waals surface area contributed by atoms with Crippen molar-refractivity contribution in [3.63, 3.8) is 0 Å². The van der Waals surface area contributed by atoms with Crippen molar-refractivity contribution in [3.8, 4) is 11.1 Å². The number of hydrogen-bond donors (Lipinski definition) is 1. The summed E-state index contributed by atoms with van der Waals surface area (Å²) in [5.41, 5.74) is 12.3. The highest BCUT2D eigenvalue weighted by Gasteiger charge is 2.28. The minimum absolute atomic E-state index is 0.000211. The van der Waals surface area contributed by atoms with E-state index in [-0.39, 0.29) is 12.0 Å². The molecule has 0 spiro atoms. The van der Waals surface area contributed by atoms with Gasteiger partial charge in [0.1, 0.15) is 5.60 Å². The Morgan fingerprint density at radius 2 is 1.73 bits per heavy atom. The lowest BCUT2D eigenvalue weighted by atomic mass is 9.91. The van der Waals surface area contributed by atoms with E-state index in [1.807, 2.05) is 56.0 Å². The van der Waals surface area contributed by atoms with Gasteiger partial charge < -0.3 is 25.0 Å². The van der Waals surface area contributed by atoms with Crippen molar-refractivity contribution in [2.24, 2.45) is 5.73 Å². The number of ether oxygens (including phenoxy) is 2. The standard InChI is InChI=1S/C29H33N3O5/c1-29(2,3)37-28(35)32-8-6-18(7-9-32)20-15-23-22-5-4-19(27(34)31-10-12-36-13-11-31)14-21(22)17-24(23)25(16-20)26(30)33/h4-6,14-16H,7-13,17H2,1-3H3,(H2,30,33). The normalized spacial score (nSPS) is 17.1. The van der Waals surface area contributed by atoms with Crippen molar-refractivity contribution in [3.05, 3.63) is 64.2 Å². The van der Waals surface area contributed by atoms with Crippen LogP contribution < -0.4 is 5.73 Å². The monoisotopic (exact) mass is 503 g/mol. The summed E-state index contributed by atoms with van der Waals surface area (Å²) in [4.78, 5) is 41.4. The van der Waals surface area contributed by atoms with Gasteiger partial charge in [-0.15, -0.1) is 0 Å². The second-order valence-electron chi connectivity index (χ2n) is 10.8. The van der Waals surface area contributed by atoms with E-state index in [0.717, 1.165) is 33.4 Å². The molecule has 2 aromatic carbocycles. The minimum Gasteiger partial charge on any atom is -0.444 e. The second kappa shape index (κ2) is 9.67. The third kappa shape index (κ3) is 5.11. The number of fused-ring (bicyclic) bond motifs is 3. The van der Waals surface area contributed by atoms with Crippen LogP contribution in [-0.2, 0) is 15.9 Å². The predicted molar refractivity (Wildman–Crippen MR) is 140 cm³/mol. The Balaban J connectivity index is 1.42. The number of benzene rings is 2. The van der Waals surface area contributed by atoms with Gasteiger partial charge in [-0.2, -0.15) is 0 Å². The highest BCUT2D eigenvalue weighted by atomic mass is 16.6. The van der Waals surface area contributed by atoms with Crippen LogP contribution in [0.25, 0.3) is 16.7 Å². The van der Waals surface area contributed by atoms with Gasteiger partial charge in [-0.3, -0.25) is 9.59 Å². The van der Waals surface area contributed by atoms with E-state index in [9.17, 15) is 14.4 Å². The summed E-state index contributed by atoms with van der Waals surface area (Å²) in [7, 11) is 0. The Kier molecular flexibility index (Phi) is 6.54. The van der Waals surface area contributed by atoms with Crippen molar-refractivity contribution in [2.75, 3.05) is 39.4 Å². The molecule has 5 rings (SSSR count). The molecular weight excluding hydrogens is 470 g/mol. The summed E-state index contributed by atoms with van der Waals surface area (Å²) in [6.07, 6.45) is 2.89. The largest absolute Gasteiger partial charge is 0.444 e. The third-order valence-corrected chi connectivity index (χ3v) is 7.05. The molecule has 2 N–H and O–H groups in total. The number of carbonyl (C=O) groups is 3. The third-order valence-electron chi connectivity index (χ3n) is 7.05. The van der Waals surface area contributed by atoms with Crippen LogP contribution in [0.15, 0.2) is 36.4 Å². The number of carbonyl (C=O) groups excluding carboxylic acids is 3. The first-order valence-corrected chi connectivity index (χ1v) is 12.7. The molecule has 2 aliphatic heterocycles. The molecule has 0 aromatic heterocycles. The average Bonchev–Trinajstić information content (AvgIpc) is 3.25. The number of hydrogen-bond acceptors (Lipinski definition) is 5. The second-order valence-corrected chi connectivity index (χ2v) is 10.8. The van der Waals surface area contributed by atoms with Gasteiger partial charge in [-0.25, -0.2) is 4.79 Å². The molecule has 0 saturated carbocycles. The highest BCUT2D eigenvalue weighted by molar-refractivity contribution is 6.00. The summed E-state index contributed by atoms with van der Waals surface area (Å²) < 4.78 is 10.9. The van der Waals surface area contributed by atoms with Crippen LogP contribution in [0, 0.1) is 0 Å². The lowest BCUT2D eigenvalue weighted by Gasteiger charge is -2.29. The molecule has 3 aliphatic rings. The number of primary amides is 1. The molecule has 2 aromatic rings. The Labute approximate surface area is 217 Å². The van der Waals surface area contributed by atoms with Crippen molar-refractivity contribution in [1.29, 1.82) is 0 Å². The lowest BCUT2D eigenvalue weighted by molar-refractivity contribution is 0.0270. The quantitative estimate of drug-likeness (QED) is 0.585. The van der Waals surface area contributed by atoms with Gasteiger partial charge in [0.05, 0.1) is 13.2 Å². The van der Waals surface area contributed by atoms with Gasteiger partial charge in [0, 0.05) is 37.3 Å². The first-order valence-electron chi connectivity index (χ1n) is 12.7. The fourth-order valence-corrected chi connectivity index (χ4v) is 5.21. The van der Waals surface area contributed by atoms with E-state index in [2.05, 4.69) is 6.07 Å². The van der Waals surface area contributed by atoms with Crippen molar-refractivity contribution in [1.82, 2.24) is 9.80 Å². The van der Waals surface area contributed by atoms with Gasteiger partial charge in [0.15, 0.2) is 0 Å². The fraction of sp³-hybridized carbons (Fsp3) is 0.414. The molecule has 37 heavy (non-hydrogen) atoms. The molecule has 0 radical (unpaired) electrons. The number of nitrogens with zero attached hydrogens (tertiary/aromatic N) is 2. The van der Waals surface area contributed by atoms with E-state index in [1.165, 1.54) is 0 Å². The molecule has 194 valence electrons. The summed E-state index contributed by atoms with van der Waals surface area (Å²) in [6, 6.07) is 9.74. The molecule has 8 heteroatoms. The molecule has 0 atom stereocenters. The maximum absolute atomic E-state index is 13.0. The van der Waals surface area contributed by atoms with Gasteiger partial charge >= 0.3 is 6.09 Å². The predicted octanol–water partition coefficient (Wildman–Crippen LogP) is 3.85. The van der Waals surface area contributed by atoms with Crippen LogP contribution in [0.4, 0.5) is 4.79 Å². The van der Waals surface area contributed by atoms with Crippen LogP contribution in [0.5, 0.6) is 0 Å². The van der Waals surface area contributed by atoms with E-state index >= 15 is 0 Å². The molecule has 3 amide bonds. The number of morpholine rings is 1. The lowest BCUT2D eigenvalue weighted by Crippen LogP contribution is -2.40. The zero-order valence-corrected chi connectivity index (χ0v) is 21.6. The number of amides is 3. The topological polar surface area (TPSA) is 102 Å². The Bertz CT molecular complexity index is 1300. The van der Waals surface area contributed by atoms with Crippen molar-refractivity contribution < 1.29 is 23.9 Å². The molecule has 8 nitrogen and oxygen atoms in total. The van der Waals surface area contributed by atoms with Crippen molar-refractivity contribution >= 4 is 23.5 Å². The molecule has 1 fully saturated rings. The van der Waals surface area contributed by atoms with E-state index in [1.54, 1.807) is 4.90 Å². The van der Waals surface area contributed by atoms with Gasteiger partial charge in [-0.05, 0) is 91.3 Å². The van der Waals surface area contributed by atoms with Crippen LogP contribution in [0.1, 0.15) is 64.6 Å². The van der Waals surface area contributed by atoms with Gasteiger partial charge in [0.25, 0.3) is 5.91 Å². The van der Waals surface area contributed by atoms with Crippen LogP contribution in [-0.4, -0.2) is 72.7 Å². The molecule has 0 bridgehead atoms. The first kappa shape index (κ1) is 25.0. The van der Waals surface area contributed by atoms with Crippen LogP contribution in [0.2, 0.25) is 0 Å². The highest BCUT2D eigenvalue weighted by Crippen LogP contribution is 2.41. The van der Waals surface area contributed by atoms with Crippen LogP contribution >= 0.6 is 0 Å². The Morgan fingerprint density at radius 1 is 0.973 bits per heavy atom. The zero-order chi connectivity index (χ0) is 26.3. The summed E-state index contributed by atoms with van der Waals surface area (Å²) in [6.45, 7) is 8.82. The maximum atomic E-state index is 13.0. The SMILES string of the molecule is CC(C)(C)OC(=O)N1CC=C(c2cc(C(N)=O)c3c(c2)-c2ccc(C(=O)N4CCOCC4)cc2C3)CC1. The first-order chi connectivity index (χ1) is 17.6. The van der Waals surface area contributed by atoms with Crippen LogP contribution in [0.3, 0.4) is 0 Å². The van der Waals surface area contributed by atoms with E-state index in [4.69, 9.17) is 15.2 Å². The average molecular weight is 504 g/mol. The Hall–Kier alpha value is -3.65. The van der Waals surface area contributed by atoms with E-state index < -0.39 is 11.5 Å². The van der Waals surface area contributed by atoms with Gasteiger partial charge in [0.2, 0.25) is 5.91 Å². The summed E-state index contributed by atoms with van der Waals surface area (Å²) in [5.74, 6) is -0.470. The molecule has 2 heterocycles. The zero-order valence-electron chi connectivity index (χ0n) is 21.6. The fourth-order valence-electron chi connectivity index (χ4n) is 5.21. The molecule has 1 aliphatic carbocycles. The maximum Gasteiger partial charge on any atom is 0.410 e. The number of rotatable bonds is 3. The number of nitrogens with two attached hydrogens (primary N) is 1. The summed E-state index contributed by atoms with van der Waals surface area (Å²) in [5, 5.41) is 0. The van der Waals surface area contributed by atoms with Gasteiger partial charge in [-0.1, -0.05) is 12.1 Å². The molecule has 0 unspecified atom stereocenters.